The molecule has 0 atom stereocenters. The van der Waals surface area contributed by atoms with Gasteiger partial charge >= 0.3 is 6.09 Å². The molecule has 124 valence electrons. The lowest BCUT2D eigenvalue weighted by atomic mass is 10.1. The summed E-state index contributed by atoms with van der Waals surface area (Å²) in [5.41, 5.74) is 1.13. The second-order valence-corrected chi connectivity index (χ2v) is 6.90. The van der Waals surface area contributed by atoms with E-state index in [0.717, 1.165) is 18.4 Å². The van der Waals surface area contributed by atoms with Gasteiger partial charge in [0.15, 0.2) is 0 Å². The zero-order valence-corrected chi connectivity index (χ0v) is 14.3. The highest BCUT2D eigenvalue weighted by atomic mass is 16.6. The maximum absolute atomic E-state index is 12.0. The smallest absolute Gasteiger partial charge is 0.410 e. The molecule has 23 heavy (non-hydrogen) atoms. The number of rotatable bonds is 2. The van der Waals surface area contributed by atoms with Crippen molar-refractivity contribution in [3.63, 3.8) is 0 Å². The molecule has 1 aromatic carbocycles. The Morgan fingerprint density at radius 1 is 1.30 bits per heavy atom. The Balaban J connectivity index is 1.92. The first kappa shape index (κ1) is 17.1. The van der Waals surface area contributed by atoms with Gasteiger partial charge in [0.25, 0.3) is 0 Å². The van der Waals surface area contributed by atoms with Crippen LogP contribution in [0, 0.1) is 18.3 Å². The van der Waals surface area contributed by atoms with Crippen LogP contribution >= 0.6 is 0 Å². The number of likely N-dealkylation sites (tertiary alicyclic amines) is 1. The van der Waals surface area contributed by atoms with E-state index in [-0.39, 0.29) is 12.2 Å². The van der Waals surface area contributed by atoms with Crippen LogP contribution < -0.4 is 4.74 Å². The largest absolute Gasteiger partial charge is 0.489 e. The van der Waals surface area contributed by atoms with Gasteiger partial charge in [0.05, 0.1) is 5.56 Å². The second-order valence-electron chi connectivity index (χ2n) is 6.90. The molecule has 0 aromatic heterocycles. The SMILES string of the molecule is Cc1ccc(C#N)c(OC2CCN(C(=O)OC(C)(C)C)CC2)c1. The van der Waals surface area contributed by atoms with Crippen LogP contribution in [0.1, 0.15) is 44.7 Å². The van der Waals surface area contributed by atoms with Crippen molar-refractivity contribution in [1.82, 2.24) is 4.90 Å². The third-order valence-corrected chi connectivity index (χ3v) is 3.64. The van der Waals surface area contributed by atoms with Crippen LogP contribution in [0.2, 0.25) is 0 Å². The molecule has 0 spiro atoms. The quantitative estimate of drug-likeness (QED) is 0.835. The fourth-order valence-electron chi connectivity index (χ4n) is 2.48. The van der Waals surface area contributed by atoms with Crippen LogP contribution in [-0.2, 0) is 4.74 Å². The van der Waals surface area contributed by atoms with Crippen LogP contribution in [-0.4, -0.2) is 35.8 Å². The molecule has 0 bridgehead atoms. The minimum absolute atomic E-state index is 0.0163. The number of nitriles is 1. The normalized spacial score (nSPS) is 15.9. The predicted molar refractivity (Wildman–Crippen MR) is 87.4 cm³/mol. The maximum Gasteiger partial charge on any atom is 0.410 e. The zero-order chi connectivity index (χ0) is 17.0. The third-order valence-electron chi connectivity index (χ3n) is 3.64. The van der Waals surface area contributed by atoms with Crippen molar-refractivity contribution in [3.8, 4) is 11.8 Å². The van der Waals surface area contributed by atoms with E-state index in [1.807, 2.05) is 39.8 Å². The standard InChI is InChI=1S/C18H24N2O3/c1-13-5-6-14(12-19)16(11-13)22-15-7-9-20(10-8-15)17(21)23-18(2,3)4/h5-6,11,15H,7-10H2,1-4H3. The third kappa shape index (κ3) is 4.88. The van der Waals surface area contributed by atoms with Gasteiger partial charge in [0, 0.05) is 25.9 Å². The van der Waals surface area contributed by atoms with Gasteiger partial charge in [-0.15, -0.1) is 0 Å². The minimum atomic E-state index is -0.478. The van der Waals surface area contributed by atoms with Crippen molar-refractivity contribution in [1.29, 1.82) is 5.26 Å². The molecule has 5 nitrogen and oxygen atoms in total. The van der Waals surface area contributed by atoms with Gasteiger partial charge < -0.3 is 14.4 Å². The molecule has 2 rings (SSSR count). The molecule has 5 heteroatoms. The van der Waals surface area contributed by atoms with Gasteiger partial charge in [0.1, 0.15) is 23.5 Å². The maximum atomic E-state index is 12.0. The summed E-state index contributed by atoms with van der Waals surface area (Å²) in [4.78, 5) is 13.8. The highest BCUT2D eigenvalue weighted by Crippen LogP contribution is 2.24. The Labute approximate surface area is 137 Å². The Morgan fingerprint density at radius 2 is 1.96 bits per heavy atom. The van der Waals surface area contributed by atoms with E-state index in [0.29, 0.717) is 24.4 Å². The fraction of sp³-hybridized carbons (Fsp3) is 0.556. The molecule has 1 aliphatic rings. The summed E-state index contributed by atoms with van der Waals surface area (Å²) in [6.45, 7) is 8.77. The van der Waals surface area contributed by atoms with Gasteiger partial charge in [-0.25, -0.2) is 4.79 Å². The topological polar surface area (TPSA) is 62.6 Å². The molecule has 1 aromatic rings. The molecular formula is C18H24N2O3. The minimum Gasteiger partial charge on any atom is -0.489 e. The van der Waals surface area contributed by atoms with E-state index in [4.69, 9.17) is 14.7 Å². The van der Waals surface area contributed by atoms with E-state index in [2.05, 4.69) is 6.07 Å². The Hall–Kier alpha value is -2.22. The summed E-state index contributed by atoms with van der Waals surface area (Å²) in [5, 5.41) is 9.16. The van der Waals surface area contributed by atoms with Crippen LogP contribution in [0.15, 0.2) is 18.2 Å². The first-order valence-electron chi connectivity index (χ1n) is 7.94. The summed E-state index contributed by atoms with van der Waals surface area (Å²) in [6.07, 6.45) is 1.21. The number of hydrogen-bond donors (Lipinski definition) is 0. The summed E-state index contributed by atoms with van der Waals surface area (Å²) >= 11 is 0. The number of amides is 1. The molecular weight excluding hydrogens is 292 g/mol. The van der Waals surface area contributed by atoms with Crippen molar-refractivity contribution in [2.75, 3.05) is 13.1 Å². The highest BCUT2D eigenvalue weighted by molar-refractivity contribution is 5.68. The lowest BCUT2D eigenvalue weighted by molar-refractivity contribution is 0.0126. The second kappa shape index (κ2) is 6.91. The number of nitrogens with zero attached hydrogens (tertiary/aromatic N) is 2. The van der Waals surface area contributed by atoms with E-state index in [1.54, 1.807) is 11.0 Å². The predicted octanol–water partition coefficient (Wildman–Crippen LogP) is 3.65. The summed E-state index contributed by atoms with van der Waals surface area (Å²) in [6, 6.07) is 7.72. The molecule has 0 N–H and O–H groups in total. The van der Waals surface area contributed by atoms with Crippen LogP contribution in [0.25, 0.3) is 0 Å². The van der Waals surface area contributed by atoms with E-state index >= 15 is 0 Å². The van der Waals surface area contributed by atoms with E-state index in [1.165, 1.54) is 0 Å². The Kier molecular flexibility index (Phi) is 5.15. The molecule has 1 heterocycles. The molecule has 1 saturated heterocycles. The molecule has 1 amide bonds. The summed E-state index contributed by atoms with van der Waals surface area (Å²) in [7, 11) is 0. The first-order chi connectivity index (χ1) is 10.8. The summed E-state index contributed by atoms with van der Waals surface area (Å²) in [5.74, 6) is 0.628. The van der Waals surface area contributed by atoms with Gasteiger partial charge in [0.2, 0.25) is 0 Å². The van der Waals surface area contributed by atoms with Gasteiger partial charge in [-0.2, -0.15) is 5.26 Å². The average Bonchev–Trinajstić information content (AvgIpc) is 2.46. The number of aryl methyl sites for hydroxylation is 1. The Bertz CT molecular complexity index is 606. The zero-order valence-electron chi connectivity index (χ0n) is 14.3. The van der Waals surface area contributed by atoms with Crippen molar-refractivity contribution in [2.24, 2.45) is 0 Å². The molecule has 0 saturated carbocycles. The Morgan fingerprint density at radius 3 is 2.52 bits per heavy atom. The van der Waals surface area contributed by atoms with Crippen LogP contribution in [0.5, 0.6) is 5.75 Å². The molecule has 0 unspecified atom stereocenters. The van der Waals surface area contributed by atoms with Gasteiger partial charge in [-0.3, -0.25) is 0 Å². The van der Waals surface area contributed by atoms with Crippen molar-refractivity contribution < 1.29 is 14.3 Å². The van der Waals surface area contributed by atoms with Crippen LogP contribution in [0.3, 0.4) is 0 Å². The number of carbonyl (C=O) groups excluding carboxylic acids is 1. The molecule has 0 radical (unpaired) electrons. The van der Waals surface area contributed by atoms with E-state index in [9.17, 15) is 4.79 Å². The number of hydrogen-bond acceptors (Lipinski definition) is 4. The van der Waals surface area contributed by atoms with Crippen molar-refractivity contribution in [3.05, 3.63) is 29.3 Å². The molecule has 0 aliphatic carbocycles. The van der Waals surface area contributed by atoms with Gasteiger partial charge in [-0.1, -0.05) is 6.07 Å². The summed E-state index contributed by atoms with van der Waals surface area (Å²) < 4.78 is 11.4. The highest BCUT2D eigenvalue weighted by Gasteiger charge is 2.27. The number of ether oxygens (including phenoxy) is 2. The molecule has 1 fully saturated rings. The van der Waals surface area contributed by atoms with Crippen LogP contribution in [0.4, 0.5) is 4.79 Å². The van der Waals surface area contributed by atoms with Crippen molar-refractivity contribution >= 4 is 6.09 Å². The number of benzene rings is 1. The van der Waals surface area contributed by atoms with Crippen molar-refractivity contribution in [2.45, 2.75) is 52.2 Å². The van der Waals surface area contributed by atoms with Gasteiger partial charge in [-0.05, 0) is 45.4 Å². The first-order valence-corrected chi connectivity index (χ1v) is 7.94. The lowest BCUT2D eigenvalue weighted by Gasteiger charge is -2.33. The monoisotopic (exact) mass is 316 g/mol. The number of piperidine rings is 1. The lowest BCUT2D eigenvalue weighted by Crippen LogP contribution is -2.44. The fourth-order valence-corrected chi connectivity index (χ4v) is 2.48. The molecule has 1 aliphatic heterocycles. The van der Waals surface area contributed by atoms with E-state index < -0.39 is 5.60 Å². The average molecular weight is 316 g/mol. The number of carbonyl (C=O) groups is 1.